The monoisotopic (exact) mass is 268 g/mol. The van der Waals surface area contributed by atoms with Gasteiger partial charge in [0.05, 0.1) is 6.17 Å². The van der Waals surface area contributed by atoms with E-state index in [0.29, 0.717) is 6.04 Å². The summed E-state index contributed by atoms with van der Waals surface area (Å²) in [6.07, 6.45) is 9.50. The van der Waals surface area contributed by atoms with Crippen molar-refractivity contribution < 1.29 is 0 Å². The lowest BCUT2D eigenvalue weighted by atomic mass is 10.1. The van der Waals surface area contributed by atoms with Crippen molar-refractivity contribution in [3.8, 4) is 5.69 Å². The molecule has 0 aliphatic carbocycles. The van der Waals surface area contributed by atoms with E-state index >= 15 is 0 Å². The number of imidazole rings is 1. The summed E-state index contributed by atoms with van der Waals surface area (Å²) in [5.41, 5.74) is 2.24. The SMILES string of the molecule is Cc1nccn1-c1ccc(NC2C=CCC(C)N2)cc1. The van der Waals surface area contributed by atoms with Gasteiger partial charge in [-0.2, -0.15) is 0 Å². The number of hydrogen-bond acceptors (Lipinski definition) is 3. The highest BCUT2D eigenvalue weighted by Gasteiger charge is 2.12. The van der Waals surface area contributed by atoms with Crippen molar-refractivity contribution in [1.82, 2.24) is 14.9 Å². The zero-order valence-electron chi connectivity index (χ0n) is 11.9. The second-order valence-electron chi connectivity index (χ2n) is 5.24. The molecule has 1 aromatic heterocycles. The summed E-state index contributed by atoms with van der Waals surface area (Å²) >= 11 is 0. The minimum absolute atomic E-state index is 0.208. The van der Waals surface area contributed by atoms with E-state index in [1.807, 2.05) is 19.3 Å². The van der Waals surface area contributed by atoms with Crippen LogP contribution in [-0.4, -0.2) is 21.8 Å². The van der Waals surface area contributed by atoms with Crippen molar-refractivity contribution >= 4 is 5.69 Å². The molecule has 2 unspecified atom stereocenters. The van der Waals surface area contributed by atoms with E-state index in [4.69, 9.17) is 0 Å². The lowest BCUT2D eigenvalue weighted by molar-refractivity contribution is 0.505. The second kappa shape index (κ2) is 5.51. The molecule has 0 radical (unpaired) electrons. The predicted octanol–water partition coefficient (Wildman–Crippen LogP) is 2.86. The summed E-state index contributed by atoms with van der Waals surface area (Å²) in [4.78, 5) is 4.25. The molecule has 0 amide bonds. The van der Waals surface area contributed by atoms with E-state index < -0.39 is 0 Å². The van der Waals surface area contributed by atoms with Gasteiger partial charge in [0.15, 0.2) is 0 Å². The van der Waals surface area contributed by atoms with Gasteiger partial charge in [0.25, 0.3) is 0 Å². The van der Waals surface area contributed by atoms with Crippen LogP contribution in [0.1, 0.15) is 19.2 Å². The molecule has 1 aromatic carbocycles. The number of hydrogen-bond donors (Lipinski definition) is 2. The van der Waals surface area contributed by atoms with Gasteiger partial charge in [-0.3, -0.25) is 5.32 Å². The highest BCUT2D eigenvalue weighted by molar-refractivity contribution is 5.50. The maximum Gasteiger partial charge on any atom is 0.110 e. The van der Waals surface area contributed by atoms with Crippen molar-refractivity contribution in [2.75, 3.05) is 5.32 Å². The second-order valence-corrected chi connectivity index (χ2v) is 5.24. The van der Waals surface area contributed by atoms with Gasteiger partial charge in [0, 0.05) is 29.8 Å². The summed E-state index contributed by atoms with van der Waals surface area (Å²) in [5, 5.41) is 6.98. The molecule has 1 aliphatic heterocycles. The molecule has 2 aromatic rings. The third-order valence-corrected chi connectivity index (χ3v) is 3.58. The van der Waals surface area contributed by atoms with Crippen molar-refractivity contribution in [2.24, 2.45) is 0 Å². The summed E-state index contributed by atoms with van der Waals surface area (Å²) in [6.45, 7) is 4.20. The van der Waals surface area contributed by atoms with Crippen LogP contribution < -0.4 is 10.6 Å². The molecule has 0 saturated heterocycles. The number of nitrogens with one attached hydrogen (secondary N) is 2. The third-order valence-electron chi connectivity index (χ3n) is 3.58. The molecule has 0 fully saturated rings. The van der Waals surface area contributed by atoms with Crippen LogP contribution in [0.4, 0.5) is 5.69 Å². The number of benzene rings is 1. The molecule has 2 heterocycles. The molecule has 4 nitrogen and oxygen atoms in total. The lowest BCUT2D eigenvalue weighted by Gasteiger charge is -2.25. The Hall–Kier alpha value is -2.07. The van der Waals surface area contributed by atoms with Crippen LogP contribution in [0.3, 0.4) is 0 Å². The van der Waals surface area contributed by atoms with Gasteiger partial charge in [-0.15, -0.1) is 0 Å². The molecule has 20 heavy (non-hydrogen) atoms. The zero-order valence-corrected chi connectivity index (χ0v) is 11.9. The summed E-state index contributed by atoms with van der Waals surface area (Å²) in [6, 6.07) is 8.93. The van der Waals surface area contributed by atoms with Crippen molar-refractivity contribution in [2.45, 2.75) is 32.5 Å². The Morgan fingerprint density at radius 1 is 1.30 bits per heavy atom. The van der Waals surface area contributed by atoms with Gasteiger partial charge in [-0.05, 0) is 44.5 Å². The van der Waals surface area contributed by atoms with Gasteiger partial charge in [-0.25, -0.2) is 4.98 Å². The van der Waals surface area contributed by atoms with E-state index in [1.165, 1.54) is 0 Å². The Kier molecular flexibility index (Phi) is 3.56. The Balaban J connectivity index is 1.72. The highest BCUT2D eigenvalue weighted by atomic mass is 15.1. The van der Waals surface area contributed by atoms with Crippen LogP contribution in [-0.2, 0) is 0 Å². The summed E-state index contributed by atoms with van der Waals surface area (Å²) in [5.74, 6) is 0.997. The maximum absolute atomic E-state index is 4.25. The highest BCUT2D eigenvalue weighted by Crippen LogP contribution is 2.16. The Bertz CT molecular complexity index is 597. The molecular weight excluding hydrogens is 248 g/mol. The minimum Gasteiger partial charge on any atom is -0.366 e. The van der Waals surface area contributed by atoms with E-state index in [-0.39, 0.29) is 6.17 Å². The smallest absolute Gasteiger partial charge is 0.110 e. The first-order valence-electron chi connectivity index (χ1n) is 7.02. The van der Waals surface area contributed by atoms with Crippen molar-refractivity contribution in [3.05, 3.63) is 54.6 Å². The fourth-order valence-electron chi connectivity index (χ4n) is 2.49. The molecule has 104 valence electrons. The molecule has 0 saturated carbocycles. The number of anilines is 1. The van der Waals surface area contributed by atoms with Crippen LogP contribution in [0.25, 0.3) is 5.69 Å². The molecule has 4 heteroatoms. The number of aryl methyl sites for hydroxylation is 1. The first-order valence-corrected chi connectivity index (χ1v) is 7.02. The standard InChI is InChI=1S/C16H20N4/c1-12-4-3-5-16(18-12)19-14-6-8-15(9-7-14)20-11-10-17-13(20)2/h3,5-12,16,18-19H,4H2,1-2H3. The molecule has 0 spiro atoms. The van der Waals surface area contributed by atoms with Crippen LogP contribution in [0.5, 0.6) is 0 Å². The average Bonchev–Trinajstić information content (AvgIpc) is 2.86. The first kappa shape index (κ1) is 12.9. The van der Waals surface area contributed by atoms with E-state index in [2.05, 4.69) is 63.5 Å². The maximum atomic E-state index is 4.25. The minimum atomic E-state index is 0.208. The lowest BCUT2D eigenvalue weighted by Crippen LogP contribution is -2.42. The van der Waals surface area contributed by atoms with Crippen molar-refractivity contribution in [1.29, 1.82) is 0 Å². The van der Waals surface area contributed by atoms with Crippen LogP contribution in [0, 0.1) is 6.92 Å². The Morgan fingerprint density at radius 3 is 2.75 bits per heavy atom. The fourth-order valence-corrected chi connectivity index (χ4v) is 2.49. The summed E-state index contributed by atoms with van der Waals surface area (Å²) in [7, 11) is 0. The quantitative estimate of drug-likeness (QED) is 0.841. The molecule has 0 bridgehead atoms. The van der Waals surface area contributed by atoms with Crippen LogP contribution in [0.2, 0.25) is 0 Å². The largest absolute Gasteiger partial charge is 0.366 e. The number of aromatic nitrogens is 2. The van der Waals surface area contributed by atoms with Gasteiger partial charge in [0.1, 0.15) is 5.82 Å². The number of nitrogens with zero attached hydrogens (tertiary/aromatic N) is 2. The van der Waals surface area contributed by atoms with E-state index in [1.54, 1.807) is 0 Å². The van der Waals surface area contributed by atoms with Gasteiger partial charge in [-0.1, -0.05) is 12.2 Å². The fraction of sp³-hybridized carbons (Fsp3) is 0.312. The van der Waals surface area contributed by atoms with Crippen LogP contribution >= 0.6 is 0 Å². The molecular formula is C16H20N4. The third kappa shape index (κ3) is 2.75. The normalized spacial score (nSPS) is 21.9. The molecule has 2 N–H and O–H groups in total. The summed E-state index contributed by atoms with van der Waals surface area (Å²) < 4.78 is 2.07. The zero-order chi connectivity index (χ0) is 13.9. The van der Waals surface area contributed by atoms with Gasteiger partial charge >= 0.3 is 0 Å². The Morgan fingerprint density at radius 2 is 2.10 bits per heavy atom. The van der Waals surface area contributed by atoms with Gasteiger partial charge in [0.2, 0.25) is 0 Å². The molecule has 1 aliphatic rings. The molecule has 2 atom stereocenters. The number of rotatable bonds is 3. The predicted molar refractivity (Wildman–Crippen MR) is 82.1 cm³/mol. The van der Waals surface area contributed by atoms with Crippen molar-refractivity contribution in [3.63, 3.8) is 0 Å². The van der Waals surface area contributed by atoms with E-state index in [9.17, 15) is 0 Å². The van der Waals surface area contributed by atoms with E-state index in [0.717, 1.165) is 23.6 Å². The average molecular weight is 268 g/mol. The first-order chi connectivity index (χ1) is 9.72. The van der Waals surface area contributed by atoms with Gasteiger partial charge < -0.3 is 9.88 Å². The molecule has 3 rings (SSSR count). The van der Waals surface area contributed by atoms with Crippen LogP contribution in [0.15, 0.2) is 48.8 Å². The Labute approximate surface area is 119 Å². The topological polar surface area (TPSA) is 41.9 Å².